The van der Waals surface area contributed by atoms with Gasteiger partial charge in [-0.25, -0.2) is 0 Å². The molecule has 0 radical (unpaired) electrons. The van der Waals surface area contributed by atoms with Crippen molar-refractivity contribution in [2.75, 3.05) is 32.0 Å². The number of nitro benzene ring substituents is 1. The van der Waals surface area contributed by atoms with Crippen molar-refractivity contribution in [1.82, 2.24) is 10.2 Å². The first-order valence-electron chi connectivity index (χ1n) is 8.55. The zero-order chi connectivity index (χ0) is 19.7. The summed E-state index contributed by atoms with van der Waals surface area (Å²) < 4.78 is 0. The van der Waals surface area contributed by atoms with Gasteiger partial charge < -0.3 is 10.6 Å². The fourth-order valence-corrected chi connectivity index (χ4v) is 2.80. The van der Waals surface area contributed by atoms with E-state index in [4.69, 9.17) is 0 Å². The number of hydrogen-bond donors (Lipinski definition) is 2. The molecule has 0 bridgehead atoms. The molecule has 1 unspecified atom stereocenters. The Kier molecular flexibility index (Phi) is 8.51. The van der Waals surface area contributed by atoms with Crippen molar-refractivity contribution in [3.8, 4) is 0 Å². The maximum Gasteiger partial charge on any atom is 0.270 e. The molecule has 0 spiro atoms. The van der Waals surface area contributed by atoms with E-state index in [9.17, 15) is 14.9 Å². The van der Waals surface area contributed by atoms with E-state index in [0.29, 0.717) is 18.2 Å². The predicted octanol–water partition coefficient (Wildman–Crippen LogP) is 3.06. The highest BCUT2D eigenvalue weighted by molar-refractivity contribution is 6.00. The second-order valence-electron chi connectivity index (χ2n) is 6.29. The summed E-state index contributed by atoms with van der Waals surface area (Å²) in [5, 5.41) is 16.8. The van der Waals surface area contributed by atoms with Crippen LogP contribution in [0.5, 0.6) is 0 Å². The van der Waals surface area contributed by atoms with E-state index in [1.807, 2.05) is 12.2 Å². The molecule has 1 aromatic rings. The third-order valence-electron chi connectivity index (χ3n) is 4.15. The predicted molar refractivity (Wildman–Crippen MR) is 106 cm³/mol. The topological polar surface area (TPSA) is 87.5 Å². The Labute approximate surface area is 154 Å². The molecule has 2 N–H and O–H groups in total. The summed E-state index contributed by atoms with van der Waals surface area (Å²) in [5.74, 6) is -0.0183. The summed E-state index contributed by atoms with van der Waals surface area (Å²) in [6.07, 6.45) is 3.70. The molecule has 0 aliphatic rings. The van der Waals surface area contributed by atoms with Crippen molar-refractivity contribution in [1.29, 1.82) is 0 Å². The third-order valence-corrected chi connectivity index (χ3v) is 4.15. The average Bonchev–Trinajstić information content (AvgIpc) is 2.61. The molecule has 142 valence electrons. The summed E-state index contributed by atoms with van der Waals surface area (Å²) in [4.78, 5) is 24.8. The van der Waals surface area contributed by atoms with E-state index in [1.54, 1.807) is 6.07 Å². The van der Waals surface area contributed by atoms with Crippen LogP contribution in [0.4, 0.5) is 11.4 Å². The Morgan fingerprint density at radius 3 is 2.38 bits per heavy atom. The van der Waals surface area contributed by atoms with Gasteiger partial charge in [-0.1, -0.05) is 26.0 Å². The molecule has 1 amide bonds. The van der Waals surface area contributed by atoms with Crippen LogP contribution in [0.1, 0.15) is 24.2 Å². The van der Waals surface area contributed by atoms with Crippen LogP contribution in [0.3, 0.4) is 0 Å². The largest absolute Gasteiger partial charge is 0.383 e. The first kappa shape index (κ1) is 21.4. The fraction of sp³-hybridized carbons (Fsp3) is 0.421. The standard InChI is InChI=1S/C19H28N4O3/c1-6-10-22(11-7-2)18(14(3)4)13-21-17-9-8-15(23(25)26)12-16(17)19(24)20-5/h6-9,12,14,18,21H,1-2,10-11,13H2,3-5H3,(H,20,24). The van der Waals surface area contributed by atoms with Crippen LogP contribution in [0.15, 0.2) is 43.5 Å². The van der Waals surface area contributed by atoms with E-state index >= 15 is 0 Å². The van der Waals surface area contributed by atoms with Crippen molar-refractivity contribution in [3.05, 3.63) is 59.2 Å². The van der Waals surface area contributed by atoms with Crippen LogP contribution in [-0.4, -0.2) is 48.5 Å². The molecule has 0 aromatic heterocycles. The molecular formula is C19H28N4O3. The van der Waals surface area contributed by atoms with Gasteiger partial charge in [0.05, 0.1) is 10.5 Å². The van der Waals surface area contributed by atoms with Crippen LogP contribution in [-0.2, 0) is 0 Å². The Morgan fingerprint density at radius 2 is 1.92 bits per heavy atom. The number of nitrogens with one attached hydrogen (secondary N) is 2. The Balaban J connectivity index is 3.07. The van der Waals surface area contributed by atoms with E-state index in [-0.39, 0.29) is 23.2 Å². The van der Waals surface area contributed by atoms with Gasteiger partial charge in [0.25, 0.3) is 11.6 Å². The van der Waals surface area contributed by atoms with E-state index in [1.165, 1.54) is 19.2 Å². The van der Waals surface area contributed by atoms with E-state index in [0.717, 1.165) is 13.1 Å². The lowest BCUT2D eigenvalue weighted by Gasteiger charge is -2.33. The van der Waals surface area contributed by atoms with Crippen LogP contribution >= 0.6 is 0 Å². The summed E-state index contributed by atoms with van der Waals surface area (Å²) in [6.45, 7) is 13.9. The van der Waals surface area contributed by atoms with Gasteiger partial charge in [-0.3, -0.25) is 19.8 Å². The Hall–Kier alpha value is -2.67. The molecule has 0 saturated carbocycles. The molecule has 0 saturated heterocycles. The smallest absolute Gasteiger partial charge is 0.270 e. The minimum Gasteiger partial charge on any atom is -0.383 e. The maximum absolute atomic E-state index is 12.1. The van der Waals surface area contributed by atoms with Gasteiger partial charge in [0.1, 0.15) is 0 Å². The van der Waals surface area contributed by atoms with E-state index < -0.39 is 4.92 Å². The normalized spacial score (nSPS) is 11.9. The highest BCUT2D eigenvalue weighted by atomic mass is 16.6. The monoisotopic (exact) mass is 360 g/mol. The van der Waals surface area contributed by atoms with Crippen molar-refractivity contribution >= 4 is 17.3 Å². The lowest BCUT2D eigenvalue weighted by atomic mass is 10.0. The molecule has 26 heavy (non-hydrogen) atoms. The minimum atomic E-state index is -0.511. The van der Waals surface area contributed by atoms with Gasteiger partial charge in [-0.2, -0.15) is 0 Å². The van der Waals surface area contributed by atoms with Gasteiger partial charge in [-0.05, 0) is 12.0 Å². The number of non-ortho nitro benzene ring substituents is 1. The fourth-order valence-electron chi connectivity index (χ4n) is 2.80. The number of benzene rings is 1. The molecule has 0 aliphatic carbocycles. The number of carbonyl (C=O) groups is 1. The number of hydrogen-bond acceptors (Lipinski definition) is 5. The summed E-state index contributed by atoms with van der Waals surface area (Å²) in [6, 6.07) is 4.44. The zero-order valence-electron chi connectivity index (χ0n) is 15.7. The Bertz CT molecular complexity index is 648. The second kappa shape index (κ2) is 10.4. The van der Waals surface area contributed by atoms with Crippen molar-refractivity contribution < 1.29 is 9.72 Å². The van der Waals surface area contributed by atoms with Gasteiger partial charge >= 0.3 is 0 Å². The highest BCUT2D eigenvalue weighted by Crippen LogP contribution is 2.23. The zero-order valence-corrected chi connectivity index (χ0v) is 15.7. The SMILES string of the molecule is C=CCN(CC=C)C(CNc1ccc([N+](=O)[O-])cc1C(=O)NC)C(C)C. The van der Waals surface area contributed by atoms with Crippen LogP contribution in [0.25, 0.3) is 0 Å². The maximum atomic E-state index is 12.1. The molecular weight excluding hydrogens is 332 g/mol. The molecule has 1 atom stereocenters. The molecule has 0 fully saturated rings. The van der Waals surface area contributed by atoms with Gasteiger partial charge in [0.2, 0.25) is 0 Å². The number of amides is 1. The number of carbonyl (C=O) groups excluding carboxylic acids is 1. The molecule has 7 heteroatoms. The van der Waals surface area contributed by atoms with Crippen molar-refractivity contribution in [2.24, 2.45) is 5.92 Å². The van der Waals surface area contributed by atoms with Gasteiger partial charge in [0.15, 0.2) is 0 Å². The molecule has 1 aromatic carbocycles. The number of nitrogens with zero attached hydrogens (tertiary/aromatic N) is 2. The first-order chi connectivity index (χ1) is 12.3. The van der Waals surface area contributed by atoms with Crippen LogP contribution in [0, 0.1) is 16.0 Å². The number of rotatable bonds is 11. The molecule has 0 aliphatic heterocycles. The second-order valence-corrected chi connectivity index (χ2v) is 6.29. The molecule has 0 heterocycles. The minimum absolute atomic E-state index is 0.116. The number of anilines is 1. The molecule has 1 rings (SSSR count). The summed E-state index contributed by atoms with van der Waals surface area (Å²) >= 11 is 0. The lowest BCUT2D eigenvalue weighted by Crippen LogP contribution is -2.44. The molecule has 7 nitrogen and oxygen atoms in total. The highest BCUT2D eigenvalue weighted by Gasteiger charge is 2.22. The van der Waals surface area contributed by atoms with Crippen LogP contribution < -0.4 is 10.6 Å². The lowest BCUT2D eigenvalue weighted by molar-refractivity contribution is -0.384. The third kappa shape index (κ3) is 5.70. The van der Waals surface area contributed by atoms with E-state index in [2.05, 4.69) is 42.5 Å². The first-order valence-corrected chi connectivity index (χ1v) is 8.55. The average molecular weight is 360 g/mol. The van der Waals surface area contributed by atoms with Gasteiger partial charge in [0, 0.05) is 50.5 Å². The quantitative estimate of drug-likeness (QED) is 0.360. The summed E-state index contributed by atoms with van der Waals surface area (Å²) in [7, 11) is 1.50. The Morgan fingerprint density at radius 1 is 1.31 bits per heavy atom. The van der Waals surface area contributed by atoms with Crippen LogP contribution in [0.2, 0.25) is 0 Å². The van der Waals surface area contributed by atoms with Gasteiger partial charge in [-0.15, -0.1) is 13.2 Å². The number of nitro groups is 1. The van der Waals surface area contributed by atoms with Crippen molar-refractivity contribution in [3.63, 3.8) is 0 Å². The van der Waals surface area contributed by atoms with Crippen molar-refractivity contribution in [2.45, 2.75) is 19.9 Å². The summed E-state index contributed by atoms with van der Waals surface area (Å²) in [5.41, 5.74) is 0.704.